The van der Waals surface area contributed by atoms with Crippen molar-refractivity contribution in [3.63, 3.8) is 0 Å². The van der Waals surface area contributed by atoms with Crippen LogP contribution in [0.1, 0.15) is 18.4 Å². The van der Waals surface area contributed by atoms with Gasteiger partial charge >= 0.3 is 48.3 Å². The third-order valence-corrected chi connectivity index (χ3v) is 6.21. The third kappa shape index (κ3) is 15.3. The third-order valence-electron chi connectivity index (χ3n) is 5.13. The summed E-state index contributed by atoms with van der Waals surface area (Å²) >= 11 is 0. The van der Waals surface area contributed by atoms with Gasteiger partial charge < -0.3 is 20.0 Å². The van der Waals surface area contributed by atoms with Crippen molar-refractivity contribution in [2.24, 2.45) is 5.92 Å². The maximum Gasteiger partial charge on any atom is 2.00 e. The molecule has 0 aliphatic heterocycles. The van der Waals surface area contributed by atoms with Gasteiger partial charge in [0.15, 0.2) is 0 Å². The number of rotatable bonds is 6. The average Bonchev–Trinajstić information content (AvgIpc) is 3.33. The monoisotopic (exact) mass is 616 g/mol. The maximum atomic E-state index is 7.50. The van der Waals surface area contributed by atoms with Crippen molar-refractivity contribution in [3.05, 3.63) is 166 Å². The molecule has 1 atom stereocenters. The molecule has 1 aliphatic rings. The Balaban J connectivity index is 0.000000387. The molecule has 7 heteroatoms. The number of hydrogen-bond acceptors (Lipinski definition) is 3. The smallest absolute Gasteiger partial charge is 0.409 e. The Bertz CT molecular complexity index is 1190. The summed E-state index contributed by atoms with van der Waals surface area (Å²) in [5, 5.41) is 0. The molecule has 1 unspecified atom stereocenters. The molecule has 5 rings (SSSR count). The van der Waals surface area contributed by atoms with Gasteiger partial charge in [-0.05, 0) is 61.4 Å². The van der Waals surface area contributed by atoms with Crippen LogP contribution >= 0.6 is 8.60 Å². The second kappa shape index (κ2) is 23.9. The summed E-state index contributed by atoms with van der Waals surface area (Å²) in [6, 6.07) is 38.6. The fourth-order valence-corrected chi connectivity index (χ4v) is 4.29. The van der Waals surface area contributed by atoms with Crippen molar-refractivity contribution in [3.8, 4) is 29.1 Å². The van der Waals surface area contributed by atoms with Crippen LogP contribution in [0, 0.1) is 56.7 Å². The topological polar surface area (TPSA) is 67.5 Å². The molecule has 211 valence electrons. The number of benzene rings is 4. The van der Waals surface area contributed by atoms with Crippen molar-refractivity contribution in [1.82, 2.24) is 0 Å². The molecule has 1 aliphatic carbocycles. The molecule has 0 heterocycles. The molecule has 1 saturated carbocycles. The number of hydrogen-bond donors (Lipinski definition) is 0. The molecule has 5 nitrogen and oxygen atoms in total. The first-order valence-electron chi connectivity index (χ1n) is 12.6. The van der Waals surface area contributed by atoms with E-state index in [-0.39, 0.29) is 17.1 Å². The van der Waals surface area contributed by atoms with Gasteiger partial charge in [0.25, 0.3) is 0 Å². The van der Waals surface area contributed by atoms with Gasteiger partial charge in [-0.25, -0.2) is 0 Å². The molecule has 0 aromatic heterocycles. The van der Waals surface area contributed by atoms with Crippen molar-refractivity contribution >= 4 is 8.60 Å². The van der Waals surface area contributed by atoms with Crippen LogP contribution < -0.4 is 13.6 Å². The van der Waals surface area contributed by atoms with E-state index in [9.17, 15) is 0 Å². The Morgan fingerprint density at radius 3 is 1.48 bits per heavy atom. The molecule has 0 bridgehead atoms. The minimum Gasteiger partial charge on any atom is -0.409 e. The molecule has 1 fully saturated rings. The van der Waals surface area contributed by atoms with Crippen LogP contribution in [0.2, 0.25) is 0 Å². The second-order valence-electron chi connectivity index (χ2n) is 8.03. The minimum atomic E-state index is -1.59. The second-order valence-corrected chi connectivity index (χ2v) is 9.03. The van der Waals surface area contributed by atoms with Crippen LogP contribution in [-0.2, 0) is 26.4 Å². The molecule has 4 aromatic rings. The van der Waals surface area contributed by atoms with E-state index in [1.165, 1.54) is 0 Å². The first kappa shape index (κ1) is 36.3. The standard InChI is InChI=1S/C18H15O3P.C15H14.2CO.Fe/c1-4-10-16(11-5-1)19-22(20-17-12-6-2-7-13-17)21-18-14-8-3-9-15-18;1-2-5-9-14(8-4-1)12-13-15-10-6-3-7-11-15;2*1-2;/h1-15H;1,3-4,6-11,14H,2,5H2;;;/q;-1;;;+2. The van der Waals surface area contributed by atoms with E-state index in [2.05, 4.69) is 50.8 Å². The maximum absolute atomic E-state index is 7.50. The van der Waals surface area contributed by atoms with Gasteiger partial charge in [0.05, 0.1) is 0 Å². The van der Waals surface area contributed by atoms with Crippen molar-refractivity contribution < 1.29 is 39.9 Å². The average molecular weight is 616 g/mol. The molecule has 0 amide bonds. The Kier molecular flexibility index (Phi) is 20.7. The Morgan fingerprint density at radius 1 is 0.643 bits per heavy atom. The first-order chi connectivity index (χ1) is 20.3. The summed E-state index contributed by atoms with van der Waals surface area (Å²) in [4.78, 5) is 0. The van der Waals surface area contributed by atoms with Crippen molar-refractivity contribution in [2.75, 3.05) is 0 Å². The largest absolute Gasteiger partial charge is 2.00 e. The summed E-state index contributed by atoms with van der Waals surface area (Å²) in [6.07, 6.45) is 11.0. The molecular weight excluding hydrogens is 587 g/mol. The van der Waals surface area contributed by atoms with Gasteiger partial charge in [-0.2, -0.15) is 6.42 Å². The van der Waals surface area contributed by atoms with Crippen LogP contribution in [0.25, 0.3) is 0 Å². The van der Waals surface area contributed by atoms with Gasteiger partial charge in [0, 0.05) is 5.56 Å². The van der Waals surface area contributed by atoms with Gasteiger partial charge in [-0.1, -0.05) is 97.5 Å². The summed E-state index contributed by atoms with van der Waals surface area (Å²) in [7, 11) is -1.59. The van der Waals surface area contributed by atoms with Crippen LogP contribution in [0.15, 0.2) is 121 Å². The van der Waals surface area contributed by atoms with Crippen LogP contribution in [0.4, 0.5) is 0 Å². The van der Waals surface area contributed by atoms with Gasteiger partial charge in [-0.3, -0.25) is 0 Å². The zero-order chi connectivity index (χ0) is 29.4. The van der Waals surface area contributed by atoms with E-state index in [0.29, 0.717) is 23.2 Å². The predicted molar refractivity (Wildman–Crippen MR) is 159 cm³/mol. The Labute approximate surface area is 261 Å². The van der Waals surface area contributed by atoms with Crippen LogP contribution in [-0.4, -0.2) is 0 Å². The van der Waals surface area contributed by atoms with Gasteiger partial charge in [-0.15, -0.1) is 5.92 Å². The van der Waals surface area contributed by atoms with E-state index in [4.69, 9.17) is 22.9 Å². The van der Waals surface area contributed by atoms with Crippen LogP contribution in [0.5, 0.6) is 17.2 Å². The van der Waals surface area contributed by atoms with E-state index < -0.39 is 8.60 Å². The molecule has 4 aromatic carbocycles. The Morgan fingerprint density at radius 2 is 1.05 bits per heavy atom. The van der Waals surface area contributed by atoms with Gasteiger partial charge in [0.1, 0.15) is 17.2 Å². The predicted octanol–water partition coefficient (Wildman–Crippen LogP) is 8.64. The molecular formula is C35H29FeO5P+. The van der Waals surface area contributed by atoms with E-state index in [1.807, 2.05) is 121 Å². The summed E-state index contributed by atoms with van der Waals surface area (Å²) in [5.41, 5.74) is 1.09. The summed E-state index contributed by atoms with van der Waals surface area (Å²) in [6.45, 7) is 9.00. The van der Waals surface area contributed by atoms with Gasteiger partial charge in [0.2, 0.25) is 0 Å². The molecule has 0 saturated heterocycles. The quantitative estimate of drug-likeness (QED) is 0.0544. The Hall–Kier alpha value is -3.73. The molecule has 0 spiro atoms. The number of para-hydroxylation sites is 3. The molecule has 0 N–H and O–H groups in total. The SMILES string of the molecule is C(#CC1[CH][CH][CH]CC[CH-]1)c1ccccc1.[C-]#[O+].[C-]#[O+].[Fe+2].c1ccc(OP(Oc2ccccc2)Oc2ccccc2)cc1. The van der Waals surface area contributed by atoms with Crippen molar-refractivity contribution in [2.45, 2.75) is 12.8 Å². The first-order valence-corrected chi connectivity index (χ1v) is 13.7. The zero-order valence-corrected chi connectivity index (χ0v) is 24.7. The zero-order valence-electron chi connectivity index (χ0n) is 22.7. The fourth-order valence-electron chi connectivity index (χ4n) is 3.30. The minimum absolute atomic E-state index is 0. The van der Waals surface area contributed by atoms with E-state index in [1.54, 1.807) is 0 Å². The van der Waals surface area contributed by atoms with E-state index in [0.717, 1.165) is 18.4 Å². The molecule has 3 radical (unpaired) electrons. The molecule has 42 heavy (non-hydrogen) atoms. The summed E-state index contributed by atoms with van der Waals surface area (Å²) in [5.74, 6) is 8.90. The normalized spacial score (nSPS) is 13.0. The van der Waals surface area contributed by atoms with E-state index >= 15 is 0 Å². The van der Waals surface area contributed by atoms with Crippen molar-refractivity contribution in [1.29, 1.82) is 0 Å². The fraction of sp³-hybridized carbons (Fsp3) is 0.0857. The van der Waals surface area contributed by atoms with Crippen LogP contribution in [0.3, 0.4) is 0 Å². The summed E-state index contributed by atoms with van der Waals surface area (Å²) < 4.78 is 32.5.